The van der Waals surface area contributed by atoms with Gasteiger partial charge in [-0.05, 0) is 24.3 Å². The number of amides is 1. The molecule has 0 bridgehead atoms. The fourth-order valence-electron chi connectivity index (χ4n) is 2.77. The first-order valence-electron chi connectivity index (χ1n) is 7.66. The van der Waals surface area contributed by atoms with E-state index in [1.165, 1.54) is 11.4 Å². The minimum absolute atomic E-state index is 0. The molecule has 0 unspecified atom stereocenters. The molecule has 2 heterocycles. The highest BCUT2D eigenvalue weighted by atomic mass is 35.5. The number of methoxy groups -OCH3 is 1. The molecule has 2 saturated heterocycles. The van der Waals surface area contributed by atoms with Crippen molar-refractivity contribution < 1.29 is 17.9 Å². The van der Waals surface area contributed by atoms with Crippen LogP contribution in [0, 0.1) is 5.92 Å². The summed E-state index contributed by atoms with van der Waals surface area (Å²) < 4.78 is 31.8. The van der Waals surface area contributed by atoms with Crippen molar-refractivity contribution in [2.24, 2.45) is 5.92 Å². The number of carbonyl (C=O) groups is 1. The van der Waals surface area contributed by atoms with Crippen LogP contribution in [0.5, 0.6) is 5.75 Å². The number of benzene rings is 1. The molecule has 24 heavy (non-hydrogen) atoms. The molecule has 1 amide bonds. The SMILES string of the molecule is COc1ccc(S(=O)(=O)N2CCN(C(=O)C3CNC3)CC2)cc1.Cl. The summed E-state index contributed by atoms with van der Waals surface area (Å²) >= 11 is 0. The van der Waals surface area contributed by atoms with E-state index < -0.39 is 10.0 Å². The number of carbonyl (C=O) groups excluding carboxylic acids is 1. The van der Waals surface area contributed by atoms with Gasteiger partial charge in [-0.25, -0.2) is 8.42 Å². The second kappa shape index (κ2) is 7.69. The highest BCUT2D eigenvalue weighted by molar-refractivity contribution is 7.89. The van der Waals surface area contributed by atoms with Gasteiger partial charge in [0.05, 0.1) is 17.9 Å². The van der Waals surface area contributed by atoms with Crippen LogP contribution in [0.1, 0.15) is 0 Å². The van der Waals surface area contributed by atoms with E-state index in [1.54, 1.807) is 29.2 Å². The molecule has 7 nitrogen and oxygen atoms in total. The first-order chi connectivity index (χ1) is 11.0. The molecule has 9 heteroatoms. The van der Waals surface area contributed by atoms with Gasteiger partial charge in [0.15, 0.2) is 0 Å². The molecule has 0 atom stereocenters. The van der Waals surface area contributed by atoms with Crippen LogP contribution >= 0.6 is 12.4 Å². The molecule has 1 aromatic carbocycles. The summed E-state index contributed by atoms with van der Waals surface area (Å²) in [5, 5.41) is 3.08. The molecule has 134 valence electrons. The number of nitrogens with one attached hydrogen (secondary N) is 1. The number of sulfonamides is 1. The number of nitrogens with zero attached hydrogens (tertiary/aromatic N) is 2. The Labute approximate surface area is 148 Å². The number of hydrogen-bond donors (Lipinski definition) is 1. The van der Waals surface area contributed by atoms with Gasteiger partial charge in [-0.2, -0.15) is 4.31 Å². The fraction of sp³-hybridized carbons (Fsp3) is 0.533. The lowest BCUT2D eigenvalue weighted by molar-refractivity contribution is -0.138. The van der Waals surface area contributed by atoms with E-state index in [9.17, 15) is 13.2 Å². The molecule has 1 aromatic rings. The molecule has 2 aliphatic rings. The summed E-state index contributed by atoms with van der Waals surface area (Å²) in [6.07, 6.45) is 0. The van der Waals surface area contributed by atoms with Crippen LogP contribution in [0.3, 0.4) is 0 Å². The van der Waals surface area contributed by atoms with Crippen LogP contribution in [-0.2, 0) is 14.8 Å². The summed E-state index contributed by atoms with van der Waals surface area (Å²) in [5.74, 6) is 0.804. The Morgan fingerprint density at radius 2 is 1.71 bits per heavy atom. The summed E-state index contributed by atoms with van der Waals surface area (Å²) in [5.41, 5.74) is 0. The third-order valence-corrected chi connectivity index (χ3v) is 6.29. The zero-order chi connectivity index (χ0) is 16.4. The smallest absolute Gasteiger partial charge is 0.243 e. The third-order valence-electron chi connectivity index (χ3n) is 4.38. The molecule has 2 aliphatic heterocycles. The van der Waals surface area contributed by atoms with E-state index in [0.29, 0.717) is 31.9 Å². The highest BCUT2D eigenvalue weighted by Gasteiger charge is 2.34. The van der Waals surface area contributed by atoms with Crippen LogP contribution in [-0.4, -0.2) is 69.9 Å². The predicted octanol–water partition coefficient (Wildman–Crippen LogP) is 0.169. The van der Waals surface area contributed by atoms with Crippen molar-refractivity contribution in [1.29, 1.82) is 0 Å². The summed E-state index contributed by atoms with van der Waals surface area (Å²) in [6, 6.07) is 6.37. The average Bonchev–Trinajstić information content (AvgIpc) is 2.53. The van der Waals surface area contributed by atoms with Crippen LogP contribution in [0.25, 0.3) is 0 Å². The Kier molecular flexibility index (Phi) is 6.08. The van der Waals surface area contributed by atoms with Crippen molar-refractivity contribution >= 4 is 28.3 Å². The zero-order valence-electron chi connectivity index (χ0n) is 13.5. The normalized spacial score (nSPS) is 19.3. The van der Waals surface area contributed by atoms with Gasteiger partial charge in [0.25, 0.3) is 0 Å². The van der Waals surface area contributed by atoms with E-state index in [1.807, 2.05) is 0 Å². The maximum atomic E-state index is 12.6. The Morgan fingerprint density at radius 3 is 2.17 bits per heavy atom. The molecule has 0 spiro atoms. The van der Waals surface area contributed by atoms with Crippen LogP contribution in [0.4, 0.5) is 0 Å². The van der Waals surface area contributed by atoms with Gasteiger partial charge in [-0.15, -0.1) is 12.4 Å². The Hall–Kier alpha value is -1.35. The number of hydrogen-bond acceptors (Lipinski definition) is 5. The summed E-state index contributed by atoms with van der Waals surface area (Å²) in [4.78, 5) is 14.2. The number of piperazine rings is 1. The molecule has 2 fully saturated rings. The minimum atomic E-state index is -3.52. The van der Waals surface area contributed by atoms with Crippen LogP contribution < -0.4 is 10.1 Å². The molecular formula is C15H22ClN3O4S. The lowest BCUT2D eigenvalue weighted by Gasteiger charge is -2.37. The number of rotatable bonds is 4. The van der Waals surface area contributed by atoms with Gasteiger partial charge in [0.1, 0.15) is 5.75 Å². The highest BCUT2D eigenvalue weighted by Crippen LogP contribution is 2.21. The maximum Gasteiger partial charge on any atom is 0.243 e. The zero-order valence-corrected chi connectivity index (χ0v) is 15.1. The monoisotopic (exact) mass is 375 g/mol. The largest absolute Gasteiger partial charge is 0.497 e. The average molecular weight is 376 g/mol. The number of ether oxygens (including phenoxy) is 1. The molecule has 0 aromatic heterocycles. The molecule has 1 N–H and O–H groups in total. The van der Waals surface area contributed by atoms with E-state index >= 15 is 0 Å². The van der Waals surface area contributed by atoms with Gasteiger partial charge < -0.3 is 15.0 Å². The second-order valence-electron chi connectivity index (χ2n) is 5.76. The Bertz CT molecular complexity index is 668. The van der Waals surface area contributed by atoms with Gasteiger partial charge in [-0.1, -0.05) is 0 Å². The first-order valence-corrected chi connectivity index (χ1v) is 9.10. The molecule has 0 radical (unpaired) electrons. The third kappa shape index (κ3) is 3.66. The molecule has 3 rings (SSSR count). The quantitative estimate of drug-likeness (QED) is 0.811. The summed E-state index contributed by atoms with van der Waals surface area (Å²) in [6.45, 7) is 3.02. The molecular weight excluding hydrogens is 354 g/mol. The van der Waals surface area contributed by atoms with Gasteiger partial charge in [0, 0.05) is 39.3 Å². The lowest BCUT2D eigenvalue weighted by Crippen LogP contribution is -2.57. The lowest BCUT2D eigenvalue weighted by atomic mass is 10.0. The van der Waals surface area contributed by atoms with E-state index in [-0.39, 0.29) is 29.1 Å². The Balaban J connectivity index is 0.00000208. The van der Waals surface area contributed by atoms with Gasteiger partial charge in [-0.3, -0.25) is 4.79 Å². The Morgan fingerprint density at radius 1 is 1.12 bits per heavy atom. The molecule has 0 aliphatic carbocycles. The maximum absolute atomic E-state index is 12.6. The summed E-state index contributed by atoms with van der Waals surface area (Å²) in [7, 11) is -1.98. The first kappa shape index (κ1) is 19.0. The van der Waals surface area contributed by atoms with Crippen molar-refractivity contribution in [3.63, 3.8) is 0 Å². The van der Waals surface area contributed by atoms with Crippen molar-refractivity contribution in [3.8, 4) is 5.75 Å². The minimum Gasteiger partial charge on any atom is -0.497 e. The van der Waals surface area contributed by atoms with Crippen LogP contribution in [0.15, 0.2) is 29.2 Å². The molecule has 0 saturated carbocycles. The van der Waals surface area contributed by atoms with Crippen LogP contribution in [0.2, 0.25) is 0 Å². The predicted molar refractivity (Wildman–Crippen MR) is 91.9 cm³/mol. The van der Waals surface area contributed by atoms with Crippen molar-refractivity contribution in [2.45, 2.75) is 4.90 Å². The fourth-order valence-corrected chi connectivity index (χ4v) is 4.19. The second-order valence-corrected chi connectivity index (χ2v) is 7.70. The van der Waals surface area contributed by atoms with E-state index in [0.717, 1.165) is 13.1 Å². The van der Waals surface area contributed by atoms with E-state index in [4.69, 9.17) is 4.74 Å². The van der Waals surface area contributed by atoms with Crippen molar-refractivity contribution in [3.05, 3.63) is 24.3 Å². The number of halogens is 1. The van der Waals surface area contributed by atoms with Crippen molar-refractivity contribution in [2.75, 3.05) is 46.4 Å². The standard InChI is InChI=1S/C15H21N3O4S.ClH/c1-22-13-2-4-14(5-3-13)23(20,21)18-8-6-17(7-9-18)15(19)12-10-16-11-12;/h2-5,12,16H,6-11H2,1H3;1H. The van der Waals surface area contributed by atoms with Gasteiger partial charge in [0.2, 0.25) is 15.9 Å². The topological polar surface area (TPSA) is 79.0 Å². The van der Waals surface area contributed by atoms with E-state index in [2.05, 4.69) is 5.32 Å². The van der Waals surface area contributed by atoms with Gasteiger partial charge >= 0.3 is 0 Å². The van der Waals surface area contributed by atoms with Crippen molar-refractivity contribution in [1.82, 2.24) is 14.5 Å².